The van der Waals surface area contributed by atoms with E-state index in [2.05, 4.69) is 16.6 Å². The molecule has 0 atom stereocenters. The molecule has 4 heteroatoms. The molecular weight excluding hydrogens is 302 g/mol. The molecule has 0 fully saturated rings. The summed E-state index contributed by atoms with van der Waals surface area (Å²) in [5.74, 6) is 0.981. The number of aromatic nitrogens is 1. The van der Waals surface area contributed by atoms with Crippen molar-refractivity contribution in [3.8, 4) is 0 Å². The van der Waals surface area contributed by atoms with E-state index in [4.69, 9.17) is 4.42 Å². The molecule has 138 valence electrons. The van der Waals surface area contributed by atoms with Crippen LogP contribution < -0.4 is 0 Å². The van der Waals surface area contributed by atoms with Gasteiger partial charge in [0.25, 0.3) is 0 Å². The molecular formula is C20H35NO3. The highest BCUT2D eigenvalue weighted by atomic mass is 16.5. The minimum absolute atomic E-state index is 0.101. The Morgan fingerprint density at radius 1 is 0.958 bits per heavy atom. The fourth-order valence-electron chi connectivity index (χ4n) is 2.96. The first-order valence-corrected chi connectivity index (χ1v) is 9.76. The number of rotatable bonds is 15. The number of unbranched alkanes of at least 4 members (excludes halogenated alkanes) is 9. The number of methoxy groups -OCH3 is 1. The number of carbonyl (C=O) groups is 1. The predicted molar refractivity (Wildman–Crippen MR) is 97.0 cm³/mol. The molecule has 0 bridgehead atoms. The largest absolute Gasteiger partial charge is 0.469 e. The number of hydrogen-bond acceptors (Lipinski definition) is 4. The van der Waals surface area contributed by atoms with E-state index in [1.165, 1.54) is 52.1 Å². The van der Waals surface area contributed by atoms with Gasteiger partial charge in [0.05, 0.1) is 12.8 Å². The number of ether oxygens (including phenoxy) is 1. The van der Waals surface area contributed by atoms with E-state index in [9.17, 15) is 4.79 Å². The average molecular weight is 338 g/mol. The first kappa shape index (κ1) is 20.7. The Balaban J connectivity index is 2.05. The molecule has 0 radical (unpaired) electrons. The van der Waals surface area contributed by atoms with E-state index >= 15 is 0 Å². The fourth-order valence-corrected chi connectivity index (χ4v) is 2.96. The van der Waals surface area contributed by atoms with Crippen LogP contribution in [0.2, 0.25) is 0 Å². The Bertz CT molecular complexity index is 428. The van der Waals surface area contributed by atoms with Crippen molar-refractivity contribution >= 4 is 5.97 Å². The van der Waals surface area contributed by atoms with Crippen LogP contribution in [0.1, 0.15) is 95.4 Å². The fraction of sp³-hybridized carbons (Fsp3) is 0.800. The number of aryl methyl sites for hydroxylation is 2. The average Bonchev–Trinajstić information content (AvgIpc) is 3.04. The molecule has 1 aromatic heterocycles. The van der Waals surface area contributed by atoms with Crippen molar-refractivity contribution in [3.05, 3.63) is 17.8 Å². The van der Waals surface area contributed by atoms with Crippen LogP contribution in [0.25, 0.3) is 0 Å². The molecule has 0 amide bonds. The summed E-state index contributed by atoms with van der Waals surface area (Å²) in [5, 5.41) is 0. The molecule has 0 N–H and O–H groups in total. The molecule has 0 spiro atoms. The van der Waals surface area contributed by atoms with Gasteiger partial charge in [-0.2, -0.15) is 0 Å². The van der Waals surface area contributed by atoms with Crippen LogP contribution in [0.3, 0.4) is 0 Å². The van der Waals surface area contributed by atoms with Gasteiger partial charge >= 0.3 is 5.97 Å². The number of carbonyl (C=O) groups excluding carboxylic acids is 1. The van der Waals surface area contributed by atoms with Gasteiger partial charge in [-0.15, -0.1) is 0 Å². The topological polar surface area (TPSA) is 52.3 Å². The second-order valence-electron chi connectivity index (χ2n) is 6.58. The van der Waals surface area contributed by atoms with Crippen molar-refractivity contribution in [1.82, 2.24) is 4.98 Å². The Kier molecular flexibility index (Phi) is 12.1. The maximum absolute atomic E-state index is 11.0. The van der Waals surface area contributed by atoms with Crippen LogP contribution in [0, 0.1) is 0 Å². The summed E-state index contributed by atoms with van der Waals surface area (Å²) < 4.78 is 10.2. The van der Waals surface area contributed by atoms with E-state index in [0.29, 0.717) is 6.42 Å². The van der Waals surface area contributed by atoms with Crippen LogP contribution >= 0.6 is 0 Å². The van der Waals surface area contributed by atoms with Crippen LogP contribution in [-0.4, -0.2) is 18.1 Å². The minimum atomic E-state index is -0.101. The summed E-state index contributed by atoms with van der Waals surface area (Å²) in [6.45, 7) is 2.25. The van der Waals surface area contributed by atoms with Crippen LogP contribution in [-0.2, 0) is 22.4 Å². The highest BCUT2D eigenvalue weighted by Gasteiger charge is 2.08. The zero-order chi connectivity index (χ0) is 17.5. The van der Waals surface area contributed by atoms with Gasteiger partial charge in [0.15, 0.2) is 6.39 Å². The molecule has 1 rings (SSSR count). The van der Waals surface area contributed by atoms with Crippen LogP contribution in [0.15, 0.2) is 10.8 Å². The maximum Gasteiger partial charge on any atom is 0.305 e. The molecule has 0 aliphatic rings. The van der Waals surface area contributed by atoms with E-state index in [0.717, 1.165) is 50.0 Å². The monoisotopic (exact) mass is 337 g/mol. The van der Waals surface area contributed by atoms with Gasteiger partial charge in [0.1, 0.15) is 5.76 Å². The highest BCUT2D eigenvalue weighted by Crippen LogP contribution is 2.16. The third-order valence-corrected chi connectivity index (χ3v) is 4.50. The summed E-state index contributed by atoms with van der Waals surface area (Å²) in [7, 11) is 1.45. The second-order valence-corrected chi connectivity index (χ2v) is 6.58. The molecule has 0 unspecified atom stereocenters. The zero-order valence-electron chi connectivity index (χ0n) is 15.6. The molecule has 4 nitrogen and oxygen atoms in total. The summed E-state index contributed by atoms with van der Waals surface area (Å²) in [6.07, 6.45) is 17.6. The highest BCUT2D eigenvalue weighted by molar-refractivity contribution is 5.68. The van der Waals surface area contributed by atoms with Crippen molar-refractivity contribution in [2.75, 3.05) is 7.11 Å². The van der Waals surface area contributed by atoms with Crippen LogP contribution in [0.5, 0.6) is 0 Å². The normalized spacial score (nSPS) is 10.9. The number of hydrogen-bond donors (Lipinski definition) is 0. The standard InChI is InChI=1S/C20H35NO3/c1-3-4-5-6-8-11-14-18-19(24-17-21-18)15-12-9-7-10-13-16-20(22)23-2/h17H,3-16H2,1-2H3. The van der Waals surface area contributed by atoms with E-state index in [1.807, 2.05) is 0 Å². The summed E-state index contributed by atoms with van der Waals surface area (Å²) in [4.78, 5) is 15.4. The number of esters is 1. The van der Waals surface area contributed by atoms with Crippen molar-refractivity contribution in [2.24, 2.45) is 0 Å². The third-order valence-electron chi connectivity index (χ3n) is 4.50. The van der Waals surface area contributed by atoms with Crippen molar-refractivity contribution in [3.63, 3.8) is 0 Å². The summed E-state index contributed by atoms with van der Waals surface area (Å²) in [5.41, 5.74) is 1.16. The molecule has 0 aliphatic carbocycles. The lowest BCUT2D eigenvalue weighted by Crippen LogP contribution is -1.99. The maximum atomic E-state index is 11.0. The summed E-state index contributed by atoms with van der Waals surface area (Å²) in [6, 6.07) is 0. The van der Waals surface area contributed by atoms with Gasteiger partial charge in [0, 0.05) is 12.8 Å². The SMILES string of the molecule is CCCCCCCCc1ncoc1CCCCCCCC(=O)OC. The van der Waals surface area contributed by atoms with Crippen LogP contribution in [0.4, 0.5) is 0 Å². The van der Waals surface area contributed by atoms with Crippen molar-refractivity contribution in [1.29, 1.82) is 0 Å². The Hall–Kier alpha value is -1.32. The van der Waals surface area contributed by atoms with Gasteiger partial charge in [-0.1, -0.05) is 58.3 Å². The molecule has 0 aromatic carbocycles. The molecule has 0 saturated heterocycles. The van der Waals surface area contributed by atoms with E-state index < -0.39 is 0 Å². The van der Waals surface area contributed by atoms with Gasteiger partial charge in [0.2, 0.25) is 0 Å². The van der Waals surface area contributed by atoms with Gasteiger partial charge < -0.3 is 9.15 Å². The van der Waals surface area contributed by atoms with Gasteiger partial charge in [-0.25, -0.2) is 4.98 Å². The first-order chi connectivity index (χ1) is 11.8. The Labute approximate surface area is 147 Å². The quantitative estimate of drug-likeness (QED) is 0.307. The first-order valence-electron chi connectivity index (χ1n) is 9.76. The molecule has 24 heavy (non-hydrogen) atoms. The lowest BCUT2D eigenvalue weighted by molar-refractivity contribution is -0.140. The second kappa shape index (κ2) is 14.1. The number of oxazole rings is 1. The minimum Gasteiger partial charge on any atom is -0.469 e. The third kappa shape index (κ3) is 9.74. The van der Waals surface area contributed by atoms with Crippen molar-refractivity contribution < 1.29 is 13.9 Å². The molecule has 1 heterocycles. The van der Waals surface area contributed by atoms with Gasteiger partial charge in [-0.3, -0.25) is 4.79 Å². The smallest absolute Gasteiger partial charge is 0.305 e. The Morgan fingerprint density at radius 2 is 1.58 bits per heavy atom. The molecule has 1 aromatic rings. The lowest BCUT2D eigenvalue weighted by Gasteiger charge is -2.03. The summed E-state index contributed by atoms with van der Waals surface area (Å²) >= 11 is 0. The Morgan fingerprint density at radius 3 is 2.29 bits per heavy atom. The lowest BCUT2D eigenvalue weighted by atomic mass is 10.0. The van der Waals surface area contributed by atoms with Gasteiger partial charge in [-0.05, 0) is 25.7 Å². The zero-order valence-corrected chi connectivity index (χ0v) is 15.6. The molecule has 0 aliphatic heterocycles. The van der Waals surface area contributed by atoms with Crippen molar-refractivity contribution in [2.45, 2.75) is 96.8 Å². The van der Waals surface area contributed by atoms with E-state index in [-0.39, 0.29) is 5.97 Å². The van der Waals surface area contributed by atoms with E-state index in [1.54, 1.807) is 6.39 Å². The number of nitrogens with zero attached hydrogens (tertiary/aromatic N) is 1. The molecule has 0 saturated carbocycles. The predicted octanol–water partition coefficient (Wildman–Crippen LogP) is 5.63.